The van der Waals surface area contributed by atoms with E-state index in [1.165, 1.54) is 0 Å². The van der Waals surface area contributed by atoms with Crippen LogP contribution in [0.1, 0.15) is 21.6 Å². The molecule has 0 saturated heterocycles. The zero-order valence-corrected chi connectivity index (χ0v) is 17.7. The van der Waals surface area contributed by atoms with Gasteiger partial charge in [0.15, 0.2) is 0 Å². The molecule has 3 aromatic heterocycles. The number of benzene rings is 2. The van der Waals surface area contributed by atoms with Gasteiger partial charge in [-0.05, 0) is 54.5 Å². The van der Waals surface area contributed by atoms with Gasteiger partial charge in [0.2, 0.25) is 0 Å². The van der Waals surface area contributed by atoms with Gasteiger partial charge in [0.1, 0.15) is 11.3 Å². The summed E-state index contributed by atoms with van der Waals surface area (Å²) in [7, 11) is 0. The number of fused-ring (bicyclic) bond motifs is 1. The fraction of sp³-hybridized carbons (Fsp3) is 0. The maximum atomic E-state index is 12.8. The van der Waals surface area contributed by atoms with Gasteiger partial charge in [0.25, 0.3) is 5.91 Å². The highest BCUT2D eigenvalue weighted by Gasteiger charge is 2.08. The largest absolute Gasteiger partial charge is 0.322 e. The van der Waals surface area contributed by atoms with E-state index in [-0.39, 0.29) is 5.91 Å². The third-order valence-electron chi connectivity index (χ3n) is 4.88. The Labute approximate surface area is 190 Å². The molecular weight excluding hydrogens is 418 g/mol. The van der Waals surface area contributed by atoms with Crippen LogP contribution < -0.4 is 5.32 Å². The minimum Gasteiger partial charge on any atom is -0.322 e. The Morgan fingerprint density at radius 3 is 2.75 bits per heavy atom. The van der Waals surface area contributed by atoms with Gasteiger partial charge in [-0.2, -0.15) is 0 Å². The predicted octanol–water partition coefficient (Wildman–Crippen LogP) is 4.46. The highest BCUT2D eigenvalue weighted by atomic mass is 32.1. The number of pyridine rings is 1. The molecule has 7 heteroatoms. The van der Waals surface area contributed by atoms with Crippen molar-refractivity contribution in [2.75, 3.05) is 5.32 Å². The number of imidazole rings is 2. The molecule has 0 atom stereocenters. The van der Waals surface area contributed by atoms with Crippen molar-refractivity contribution in [3.8, 4) is 17.5 Å². The quantitative estimate of drug-likeness (QED) is 0.325. The highest BCUT2D eigenvalue weighted by molar-refractivity contribution is 7.80. The van der Waals surface area contributed by atoms with Gasteiger partial charge in [-0.15, -0.1) is 12.6 Å². The Balaban J connectivity index is 1.37. The van der Waals surface area contributed by atoms with Crippen LogP contribution in [-0.2, 0) is 0 Å². The predicted molar refractivity (Wildman–Crippen MR) is 126 cm³/mol. The Bertz CT molecular complexity index is 1490. The van der Waals surface area contributed by atoms with E-state index < -0.39 is 0 Å². The minimum atomic E-state index is -0.205. The first-order valence-corrected chi connectivity index (χ1v) is 10.3. The first-order valence-electron chi connectivity index (χ1n) is 9.85. The molecule has 5 aromatic rings. The molecule has 1 amide bonds. The van der Waals surface area contributed by atoms with Crippen molar-refractivity contribution in [1.29, 1.82) is 0 Å². The Morgan fingerprint density at radius 1 is 1.00 bits per heavy atom. The zero-order chi connectivity index (χ0) is 21.9. The summed E-state index contributed by atoms with van der Waals surface area (Å²) in [5.74, 6) is 6.04. The van der Waals surface area contributed by atoms with Crippen LogP contribution in [0.2, 0.25) is 0 Å². The third-order valence-corrected chi connectivity index (χ3v) is 5.22. The van der Waals surface area contributed by atoms with E-state index in [2.05, 4.69) is 39.8 Å². The first kappa shape index (κ1) is 19.7. The summed E-state index contributed by atoms with van der Waals surface area (Å²) < 4.78 is 3.75. The number of carbonyl (C=O) groups is 1. The fourth-order valence-corrected chi connectivity index (χ4v) is 3.64. The molecule has 6 nitrogen and oxygen atoms in total. The number of nitrogens with one attached hydrogen (secondary N) is 1. The summed E-state index contributed by atoms with van der Waals surface area (Å²) in [4.78, 5) is 21.2. The smallest absolute Gasteiger partial charge is 0.255 e. The molecule has 0 radical (unpaired) electrons. The van der Waals surface area contributed by atoms with Gasteiger partial charge in [-0.25, -0.2) is 9.97 Å². The SMILES string of the molecule is O=C(Nc1cccc(-n2ccnc2)c1)c1cccc(C#Cc2cnc3cccc(S)n23)c1. The second-order valence-corrected chi connectivity index (χ2v) is 7.48. The lowest BCUT2D eigenvalue weighted by Crippen LogP contribution is -2.12. The van der Waals surface area contributed by atoms with Crippen molar-refractivity contribution >= 4 is 29.9 Å². The summed E-state index contributed by atoms with van der Waals surface area (Å²) >= 11 is 4.48. The first-order chi connectivity index (χ1) is 15.7. The van der Waals surface area contributed by atoms with Gasteiger partial charge in [0.05, 0.1) is 17.6 Å². The van der Waals surface area contributed by atoms with E-state index >= 15 is 0 Å². The molecule has 0 aliphatic heterocycles. The molecular formula is C25H17N5OS. The van der Waals surface area contributed by atoms with Crippen molar-refractivity contribution in [1.82, 2.24) is 18.9 Å². The molecule has 3 heterocycles. The fourth-order valence-electron chi connectivity index (χ4n) is 3.34. The second kappa shape index (κ2) is 8.46. The number of carbonyl (C=O) groups excluding carboxylic acids is 1. The number of hydrogen-bond acceptors (Lipinski definition) is 4. The molecule has 2 aromatic carbocycles. The lowest BCUT2D eigenvalue weighted by molar-refractivity contribution is 0.102. The topological polar surface area (TPSA) is 64.2 Å². The number of thiol groups is 1. The molecule has 154 valence electrons. The average molecular weight is 436 g/mol. The van der Waals surface area contributed by atoms with E-state index in [1.54, 1.807) is 30.9 Å². The number of nitrogens with zero attached hydrogens (tertiary/aromatic N) is 4. The molecule has 0 saturated carbocycles. The number of rotatable bonds is 3. The van der Waals surface area contributed by atoms with Crippen molar-refractivity contribution in [3.05, 3.63) is 108 Å². The minimum absolute atomic E-state index is 0.205. The Kier molecular flexibility index (Phi) is 5.20. The lowest BCUT2D eigenvalue weighted by Gasteiger charge is -2.08. The van der Waals surface area contributed by atoms with E-state index in [1.807, 2.05) is 69.8 Å². The van der Waals surface area contributed by atoms with Crippen LogP contribution >= 0.6 is 12.6 Å². The van der Waals surface area contributed by atoms with E-state index in [9.17, 15) is 4.79 Å². The van der Waals surface area contributed by atoms with Crippen LogP contribution in [0.4, 0.5) is 5.69 Å². The number of anilines is 1. The number of hydrogen-bond donors (Lipinski definition) is 2. The Morgan fingerprint density at radius 2 is 1.88 bits per heavy atom. The number of aromatic nitrogens is 4. The average Bonchev–Trinajstić information content (AvgIpc) is 3.49. The second-order valence-electron chi connectivity index (χ2n) is 7.03. The molecule has 32 heavy (non-hydrogen) atoms. The summed E-state index contributed by atoms with van der Waals surface area (Å²) in [6, 6.07) is 20.5. The van der Waals surface area contributed by atoms with Gasteiger partial charge < -0.3 is 9.88 Å². The van der Waals surface area contributed by atoms with Crippen LogP contribution in [0.3, 0.4) is 0 Å². The van der Waals surface area contributed by atoms with Crippen LogP contribution in [0.15, 0.2) is 96.7 Å². The van der Waals surface area contributed by atoms with Gasteiger partial charge in [0, 0.05) is 34.9 Å². The molecule has 0 fully saturated rings. The van der Waals surface area contributed by atoms with Crippen molar-refractivity contribution in [2.45, 2.75) is 5.03 Å². The molecule has 1 N–H and O–H groups in total. The monoisotopic (exact) mass is 435 g/mol. The van der Waals surface area contributed by atoms with Gasteiger partial charge >= 0.3 is 0 Å². The van der Waals surface area contributed by atoms with Crippen molar-refractivity contribution in [3.63, 3.8) is 0 Å². The third kappa shape index (κ3) is 4.00. The van der Waals surface area contributed by atoms with E-state index in [0.717, 1.165) is 27.6 Å². The molecule has 0 aliphatic rings. The summed E-state index contributed by atoms with van der Waals surface area (Å²) in [5.41, 5.74) is 4.39. The standard InChI is InChI=1S/C25H17N5OS/c31-25(28-20-6-2-7-21(15-20)29-13-12-26-17-29)19-5-1-4-18(14-19)10-11-22-16-27-23-8-3-9-24(32)30(22)23/h1-9,12-17,32H,(H,28,31). The van der Waals surface area contributed by atoms with Crippen LogP contribution in [0.5, 0.6) is 0 Å². The van der Waals surface area contributed by atoms with Crippen molar-refractivity contribution in [2.24, 2.45) is 0 Å². The summed E-state index contributed by atoms with van der Waals surface area (Å²) in [5, 5.41) is 3.70. The van der Waals surface area contributed by atoms with E-state index in [4.69, 9.17) is 0 Å². The lowest BCUT2D eigenvalue weighted by atomic mass is 10.1. The normalized spacial score (nSPS) is 10.5. The van der Waals surface area contributed by atoms with Crippen molar-refractivity contribution < 1.29 is 4.79 Å². The van der Waals surface area contributed by atoms with Crippen LogP contribution in [-0.4, -0.2) is 24.8 Å². The van der Waals surface area contributed by atoms with E-state index in [0.29, 0.717) is 11.3 Å². The van der Waals surface area contributed by atoms with Crippen LogP contribution in [0.25, 0.3) is 11.3 Å². The highest BCUT2D eigenvalue weighted by Crippen LogP contribution is 2.16. The maximum absolute atomic E-state index is 12.8. The molecule has 0 aliphatic carbocycles. The van der Waals surface area contributed by atoms with Crippen LogP contribution in [0, 0.1) is 11.8 Å². The molecule has 5 rings (SSSR count). The molecule has 0 bridgehead atoms. The number of amides is 1. The maximum Gasteiger partial charge on any atom is 0.255 e. The summed E-state index contributed by atoms with van der Waals surface area (Å²) in [6.07, 6.45) is 6.99. The van der Waals surface area contributed by atoms with Gasteiger partial charge in [-0.3, -0.25) is 9.20 Å². The molecule has 0 unspecified atom stereocenters. The zero-order valence-electron chi connectivity index (χ0n) is 16.8. The van der Waals surface area contributed by atoms with Gasteiger partial charge in [-0.1, -0.05) is 24.1 Å². The Hall–Kier alpha value is -4.28. The molecule has 0 spiro atoms. The summed E-state index contributed by atoms with van der Waals surface area (Å²) in [6.45, 7) is 0.